The highest BCUT2D eigenvalue weighted by molar-refractivity contribution is 5.97. The maximum atomic E-state index is 13.6. The second-order valence-electron chi connectivity index (χ2n) is 7.84. The summed E-state index contributed by atoms with van der Waals surface area (Å²) in [5.74, 6) is -0.0217. The largest absolute Gasteiger partial charge is 0.488 e. The third kappa shape index (κ3) is 4.60. The van der Waals surface area contributed by atoms with Gasteiger partial charge in [0.25, 0.3) is 0 Å². The van der Waals surface area contributed by atoms with E-state index in [9.17, 15) is 14.3 Å². The number of likely N-dealkylation sites (tertiary alicyclic amines) is 1. The maximum Gasteiger partial charge on any atom is 0.230 e. The molecule has 1 atom stereocenters. The predicted molar refractivity (Wildman–Crippen MR) is 110 cm³/mol. The molecule has 0 aliphatic carbocycles. The molecule has 0 spiro atoms. The lowest BCUT2D eigenvalue weighted by atomic mass is 9.95. The number of hydrogen-bond donors (Lipinski definition) is 1. The topological polar surface area (TPSA) is 53.0 Å². The SMILES string of the molecule is O=C(C1CCN(C[C@H](O)COc2ccccc2F)CC1)N1CCc2ccccc21. The zero-order valence-corrected chi connectivity index (χ0v) is 16.5. The highest BCUT2D eigenvalue weighted by Crippen LogP contribution is 2.31. The Labute approximate surface area is 170 Å². The number of amides is 1. The molecule has 0 unspecified atom stereocenters. The van der Waals surface area contributed by atoms with E-state index in [4.69, 9.17) is 4.74 Å². The number of carbonyl (C=O) groups is 1. The summed E-state index contributed by atoms with van der Waals surface area (Å²) in [5.41, 5.74) is 2.30. The van der Waals surface area contributed by atoms with Crippen molar-refractivity contribution in [3.63, 3.8) is 0 Å². The Morgan fingerprint density at radius 3 is 2.62 bits per heavy atom. The number of aliphatic hydroxyl groups is 1. The fourth-order valence-electron chi connectivity index (χ4n) is 4.25. The van der Waals surface area contributed by atoms with Gasteiger partial charge in [-0.25, -0.2) is 4.39 Å². The fraction of sp³-hybridized carbons (Fsp3) is 0.435. The van der Waals surface area contributed by atoms with Crippen LogP contribution in [0, 0.1) is 11.7 Å². The van der Waals surface area contributed by atoms with Crippen LogP contribution in [0.3, 0.4) is 0 Å². The first kappa shape index (κ1) is 19.9. The number of para-hydroxylation sites is 2. The quantitative estimate of drug-likeness (QED) is 0.813. The summed E-state index contributed by atoms with van der Waals surface area (Å²) in [5, 5.41) is 10.2. The Morgan fingerprint density at radius 1 is 1.10 bits per heavy atom. The molecule has 4 rings (SSSR count). The minimum absolute atomic E-state index is 0.0317. The van der Waals surface area contributed by atoms with Crippen molar-refractivity contribution < 1.29 is 19.0 Å². The molecule has 154 valence electrons. The number of fused-ring (bicyclic) bond motifs is 1. The minimum atomic E-state index is -0.702. The Bertz CT molecular complexity index is 852. The monoisotopic (exact) mass is 398 g/mol. The highest BCUT2D eigenvalue weighted by Gasteiger charge is 2.32. The first-order valence-corrected chi connectivity index (χ1v) is 10.3. The minimum Gasteiger partial charge on any atom is -0.488 e. The smallest absolute Gasteiger partial charge is 0.230 e. The Balaban J connectivity index is 1.23. The Kier molecular flexibility index (Phi) is 6.11. The third-order valence-corrected chi connectivity index (χ3v) is 5.83. The zero-order chi connectivity index (χ0) is 20.2. The van der Waals surface area contributed by atoms with Crippen molar-refractivity contribution in [3.05, 3.63) is 59.9 Å². The second kappa shape index (κ2) is 8.93. The first-order valence-electron chi connectivity index (χ1n) is 10.3. The average Bonchev–Trinajstić information content (AvgIpc) is 3.17. The molecule has 0 bridgehead atoms. The molecule has 0 radical (unpaired) electrons. The normalized spacial score (nSPS) is 18.5. The summed E-state index contributed by atoms with van der Waals surface area (Å²) in [6.07, 6.45) is 1.80. The van der Waals surface area contributed by atoms with Crippen LogP contribution >= 0.6 is 0 Å². The number of piperidine rings is 1. The number of carbonyl (C=O) groups excluding carboxylic acids is 1. The molecule has 2 aromatic carbocycles. The van der Waals surface area contributed by atoms with Gasteiger partial charge in [0.05, 0.1) is 0 Å². The summed E-state index contributed by atoms with van der Waals surface area (Å²) >= 11 is 0. The Morgan fingerprint density at radius 2 is 1.83 bits per heavy atom. The van der Waals surface area contributed by atoms with Crippen LogP contribution in [0.5, 0.6) is 5.75 Å². The fourth-order valence-corrected chi connectivity index (χ4v) is 4.25. The van der Waals surface area contributed by atoms with Crippen molar-refractivity contribution >= 4 is 11.6 Å². The lowest BCUT2D eigenvalue weighted by Gasteiger charge is -2.34. The van der Waals surface area contributed by atoms with E-state index in [2.05, 4.69) is 11.0 Å². The van der Waals surface area contributed by atoms with Crippen molar-refractivity contribution in [1.82, 2.24) is 4.90 Å². The second-order valence-corrected chi connectivity index (χ2v) is 7.84. The number of β-amino-alcohol motifs (C(OH)–C–C–N with tert-alkyl or cyclic N) is 1. The standard InChI is InChI=1S/C23H27FN2O3/c24-20-6-2-4-8-22(20)29-16-19(27)15-25-12-9-18(10-13-25)23(28)26-14-11-17-5-1-3-7-21(17)26/h1-8,18-19,27H,9-16H2/t19-/m0/s1. The zero-order valence-electron chi connectivity index (χ0n) is 16.5. The lowest BCUT2D eigenvalue weighted by Crippen LogP contribution is -2.45. The van der Waals surface area contributed by atoms with Crippen molar-refractivity contribution in [2.45, 2.75) is 25.4 Å². The number of benzene rings is 2. The van der Waals surface area contributed by atoms with Crippen molar-refractivity contribution in [2.75, 3.05) is 37.7 Å². The van der Waals surface area contributed by atoms with E-state index < -0.39 is 11.9 Å². The van der Waals surface area contributed by atoms with Crippen LogP contribution in [-0.2, 0) is 11.2 Å². The molecule has 29 heavy (non-hydrogen) atoms. The van der Waals surface area contributed by atoms with Crippen LogP contribution < -0.4 is 9.64 Å². The van der Waals surface area contributed by atoms with Crippen molar-refractivity contribution in [1.29, 1.82) is 0 Å². The average molecular weight is 398 g/mol. The van der Waals surface area contributed by atoms with Crippen LogP contribution in [0.2, 0.25) is 0 Å². The Hall–Kier alpha value is -2.44. The van der Waals surface area contributed by atoms with E-state index in [0.717, 1.165) is 44.6 Å². The van der Waals surface area contributed by atoms with Crippen LogP contribution in [0.4, 0.5) is 10.1 Å². The number of ether oxygens (including phenoxy) is 1. The predicted octanol–water partition coefficient (Wildman–Crippen LogP) is 2.87. The first-order chi connectivity index (χ1) is 14.1. The van der Waals surface area contributed by atoms with Gasteiger partial charge in [0.15, 0.2) is 11.6 Å². The van der Waals surface area contributed by atoms with Crippen molar-refractivity contribution in [2.24, 2.45) is 5.92 Å². The van der Waals surface area contributed by atoms with Gasteiger partial charge in [-0.05, 0) is 56.1 Å². The number of aliphatic hydroxyl groups excluding tert-OH is 1. The van der Waals surface area contributed by atoms with Crippen LogP contribution in [-0.4, -0.2) is 54.8 Å². The number of nitrogens with zero attached hydrogens (tertiary/aromatic N) is 2. The van der Waals surface area contributed by atoms with Crippen LogP contribution in [0.25, 0.3) is 0 Å². The van der Waals surface area contributed by atoms with E-state index in [-0.39, 0.29) is 24.2 Å². The summed E-state index contributed by atoms with van der Waals surface area (Å²) in [4.78, 5) is 17.1. The molecule has 2 aliphatic heterocycles. The molecule has 1 saturated heterocycles. The molecule has 2 aromatic rings. The molecule has 1 fully saturated rings. The van der Waals surface area contributed by atoms with Gasteiger partial charge in [0.1, 0.15) is 12.7 Å². The van der Waals surface area contributed by atoms with Crippen LogP contribution in [0.15, 0.2) is 48.5 Å². The van der Waals surface area contributed by atoms with Gasteiger partial charge in [0, 0.05) is 24.7 Å². The van der Waals surface area contributed by atoms with Gasteiger partial charge >= 0.3 is 0 Å². The molecule has 1 N–H and O–H groups in total. The molecule has 0 aromatic heterocycles. The van der Waals surface area contributed by atoms with Gasteiger partial charge in [-0.15, -0.1) is 0 Å². The molecule has 2 heterocycles. The van der Waals surface area contributed by atoms with E-state index in [1.54, 1.807) is 18.2 Å². The third-order valence-electron chi connectivity index (χ3n) is 5.83. The summed E-state index contributed by atoms with van der Waals surface area (Å²) in [6.45, 7) is 2.81. The molecule has 5 nitrogen and oxygen atoms in total. The van der Waals surface area contributed by atoms with Crippen LogP contribution in [0.1, 0.15) is 18.4 Å². The number of anilines is 1. The molecule has 2 aliphatic rings. The number of hydrogen-bond acceptors (Lipinski definition) is 4. The van der Waals surface area contributed by atoms with Gasteiger partial charge in [-0.3, -0.25) is 4.79 Å². The molecule has 1 amide bonds. The summed E-state index contributed by atoms with van der Waals surface area (Å²) < 4.78 is 19.0. The van der Waals surface area contributed by atoms with Gasteiger partial charge in [-0.2, -0.15) is 0 Å². The van der Waals surface area contributed by atoms with E-state index in [1.165, 1.54) is 11.6 Å². The maximum absolute atomic E-state index is 13.6. The van der Waals surface area contributed by atoms with Gasteiger partial charge in [0.2, 0.25) is 5.91 Å². The molecular formula is C23H27FN2O3. The van der Waals surface area contributed by atoms with E-state index in [1.807, 2.05) is 23.1 Å². The van der Waals surface area contributed by atoms with E-state index in [0.29, 0.717) is 6.54 Å². The van der Waals surface area contributed by atoms with Crippen molar-refractivity contribution in [3.8, 4) is 5.75 Å². The van der Waals surface area contributed by atoms with Gasteiger partial charge in [-0.1, -0.05) is 30.3 Å². The summed E-state index contributed by atoms with van der Waals surface area (Å²) in [7, 11) is 0. The molecular weight excluding hydrogens is 371 g/mol. The lowest BCUT2D eigenvalue weighted by molar-refractivity contribution is -0.123. The van der Waals surface area contributed by atoms with E-state index >= 15 is 0 Å². The number of rotatable bonds is 6. The number of halogens is 1. The summed E-state index contributed by atoms with van der Waals surface area (Å²) in [6, 6.07) is 14.3. The molecule has 6 heteroatoms. The van der Waals surface area contributed by atoms with Gasteiger partial charge < -0.3 is 19.6 Å². The molecule has 0 saturated carbocycles. The highest BCUT2D eigenvalue weighted by atomic mass is 19.1.